The Labute approximate surface area is 620 Å². The van der Waals surface area contributed by atoms with Crippen LogP contribution < -0.4 is 0 Å². The van der Waals surface area contributed by atoms with Crippen molar-refractivity contribution in [3.8, 4) is 0 Å². The first-order valence-electron chi connectivity index (χ1n) is 37.2. The Balaban J connectivity index is 0.937. The molecule has 0 saturated carbocycles. The van der Waals surface area contributed by atoms with E-state index < -0.39 is 23.1 Å². The Morgan fingerprint density at radius 1 is 0.292 bits per heavy atom. The number of ketones is 4. The predicted octanol–water partition coefficient (Wildman–Crippen LogP) is 18.9. The lowest BCUT2D eigenvalue weighted by Crippen LogP contribution is -2.50. The van der Waals surface area contributed by atoms with E-state index in [0.29, 0.717) is 79.0 Å². The molecule has 10 aromatic rings. The quantitative estimate of drug-likeness (QED) is 0.0123. The maximum Gasteiger partial charge on any atom is 0.320 e. The van der Waals surface area contributed by atoms with E-state index in [1.807, 2.05) is 47.9 Å². The number of benzene rings is 8. The minimum Gasteiger partial charge on any atom is -0.507 e. The maximum atomic E-state index is 15.6. The molecule has 2 aromatic heterocycles. The van der Waals surface area contributed by atoms with Gasteiger partial charge in [0.25, 0.3) is 0 Å². The Kier molecular flexibility index (Phi) is 27.4. The van der Waals surface area contributed by atoms with Crippen molar-refractivity contribution in [2.45, 2.75) is 118 Å². The molecule has 8 aromatic carbocycles. The fourth-order valence-electron chi connectivity index (χ4n) is 13.6. The molecule has 0 unspecified atom stereocenters. The molecule has 0 fully saturated rings. The summed E-state index contributed by atoms with van der Waals surface area (Å²) in [5, 5.41) is 47.0. The number of hydrogen-bond acceptors (Lipinski definition) is 11. The van der Waals surface area contributed by atoms with Gasteiger partial charge in [-0.1, -0.05) is 248 Å². The Hall–Kier alpha value is -11.6. The number of aliphatic hydroxyl groups excluding tert-OH is 4. The lowest BCUT2D eigenvalue weighted by Gasteiger charge is -2.34. The Morgan fingerprint density at radius 3 is 0.792 bits per heavy atom. The number of unbranched alkanes of at least 4 members (excludes halogenated alkanes) is 10. The molecule has 548 valence electrons. The van der Waals surface area contributed by atoms with Crippen LogP contribution in [0.2, 0.25) is 0 Å². The first-order chi connectivity index (χ1) is 51.5. The highest BCUT2D eigenvalue weighted by Crippen LogP contribution is 2.34. The van der Waals surface area contributed by atoms with Crippen molar-refractivity contribution in [1.82, 2.24) is 28.7 Å². The van der Waals surface area contributed by atoms with Gasteiger partial charge in [-0.25, -0.2) is 4.79 Å². The number of carbonyl (C=O) groups excluding carboxylic acids is 7. The van der Waals surface area contributed by atoms with Gasteiger partial charge in [-0.2, -0.15) is 0 Å². The van der Waals surface area contributed by atoms with Gasteiger partial charge in [0.15, 0.2) is 23.1 Å². The molecule has 0 radical (unpaired) electrons. The highest BCUT2D eigenvalue weighted by atomic mass is 16.3. The molecule has 0 aliphatic rings. The normalized spacial score (nSPS) is 12.1. The van der Waals surface area contributed by atoms with Crippen LogP contribution >= 0.6 is 0 Å². The molecule has 17 heteroatoms. The molecule has 4 N–H and O–H groups in total. The highest BCUT2D eigenvalue weighted by molar-refractivity contribution is 6.18. The third-order valence-corrected chi connectivity index (χ3v) is 19.7. The van der Waals surface area contributed by atoms with Crippen LogP contribution in [0.4, 0.5) is 4.79 Å². The van der Waals surface area contributed by atoms with Crippen molar-refractivity contribution < 1.29 is 54.0 Å². The molecular formula is C89H96N6O11. The number of fused-ring (bicyclic) bond motifs is 6. The Morgan fingerprint density at radius 2 is 0.538 bits per heavy atom. The van der Waals surface area contributed by atoms with E-state index in [2.05, 4.69) is 13.8 Å². The van der Waals surface area contributed by atoms with E-state index in [1.54, 1.807) is 189 Å². The van der Waals surface area contributed by atoms with Crippen molar-refractivity contribution in [1.29, 1.82) is 0 Å². The van der Waals surface area contributed by atoms with E-state index >= 15 is 14.4 Å². The monoisotopic (exact) mass is 1420 g/mol. The Bertz CT molecular complexity index is 4330. The van der Waals surface area contributed by atoms with Gasteiger partial charge < -0.3 is 49.2 Å². The van der Waals surface area contributed by atoms with Gasteiger partial charge in [0.05, 0.1) is 22.1 Å². The van der Waals surface area contributed by atoms with E-state index in [-0.39, 0.29) is 115 Å². The van der Waals surface area contributed by atoms with Crippen molar-refractivity contribution in [2.24, 2.45) is 0 Å². The second kappa shape index (κ2) is 37.7. The minimum absolute atomic E-state index is 0.174. The van der Waals surface area contributed by atoms with Crippen LogP contribution in [0.5, 0.6) is 0 Å². The van der Waals surface area contributed by atoms with E-state index in [9.17, 15) is 39.6 Å². The third kappa shape index (κ3) is 19.6. The maximum absolute atomic E-state index is 15.6. The highest BCUT2D eigenvalue weighted by Gasteiger charge is 2.27. The second-order valence-corrected chi connectivity index (χ2v) is 26.9. The van der Waals surface area contributed by atoms with Crippen molar-refractivity contribution in [2.75, 3.05) is 52.4 Å². The summed E-state index contributed by atoms with van der Waals surface area (Å²) in [7, 11) is 0. The average molecular weight is 1430 g/mol. The van der Waals surface area contributed by atoms with E-state index in [4.69, 9.17) is 0 Å². The lowest BCUT2D eigenvalue weighted by atomic mass is 10.0. The van der Waals surface area contributed by atoms with Gasteiger partial charge in [-0.15, -0.1) is 0 Å². The number of amides is 4. The number of rotatable bonds is 38. The molecule has 4 amide bonds. The number of nitrogens with zero attached hydrogens (tertiary/aromatic N) is 6. The lowest BCUT2D eigenvalue weighted by molar-refractivity contribution is -0.132. The van der Waals surface area contributed by atoms with Crippen molar-refractivity contribution >= 4 is 108 Å². The topological polar surface area (TPSA) is 223 Å². The zero-order valence-electron chi connectivity index (χ0n) is 61.2. The fraction of sp³-hybridized carbons (Fsp3) is 0.292. The number of hydrogen-bond donors (Lipinski definition) is 4. The van der Waals surface area contributed by atoms with Crippen molar-refractivity contribution in [3.05, 3.63) is 263 Å². The molecule has 2 heterocycles. The molecule has 0 saturated heterocycles. The number of allylic oxidation sites excluding steroid dienone is 4. The summed E-state index contributed by atoms with van der Waals surface area (Å²) in [4.78, 5) is 109. The average Bonchev–Trinajstić information content (AvgIpc) is 1.60. The predicted molar refractivity (Wildman–Crippen MR) is 424 cm³/mol. The molecule has 17 nitrogen and oxygen atoms in total. The van der Waals surface area contributed by atoms with Crippen LogP contribution in [0.15, 0.2) is 218 Å². The van der Waals surface area contributed by atoms with Gasteiger partial charge in [-0.05, 0) is 51.0 Å². The van der Waals surface area contributed by atoms with Crippen LogP contribution in [0.25, 0.3) is 66.6 Å². The van der Waals surface area contributed by atoms with E-state index in [0.717, 1.165) is 77.0 Å². The van der Waals surface area contributed by atoms with E-state index in [1.165, 1.54) is 24.3 Å². The zero-order chi connectivity index (χ0) is 75.1. The summed E-state index contributed by atoms with van der Waals surface area (Å²) in [6.45, 7) is 9.86. The standard InChI is InChI=1S/C89H96N6O11/c1-5-9-11-13-15-29-47-92(51-49-90(7-3)87(104)61-94-75-53-67(83(100)57-79(96)63-31-21-17-22-32-63)39-43-71(75)72-44-40-68(54-76(72)94)84(101)58-80(97)64-33-23-18-24-34-64)89(106)93(48-30-16-14-12-10-6-2)52-50-91(8-4)88(105)62-95-77-55-69(85(102)59-81(98)65-35-25-19-26-36-65)41-45-73(77)74-46-42-70(56-78(74)95)86(103)60-82(99)66-37-27-20-28-38-66/h17-28,31-46,53-60,96-99H,5-16,29-30,47-52,61-62H2,1-4H3/b79-57-,80-58-,81-59-,82-60+. The third-order valence-electron chi connectivity index (χ3n) is 19.7. The molecule has 10 rings (SSSR count). The largest absolute Gasteiger partial charge is 0.507 e. The second-order valence-electron chi connectivity index (χ2n) is 26.9. The van der Waals surface area contributed by atoms with Gasteiger partial charge in [0.2, 0.25) is 11.8 Å². The summed E-state index contributed by atoms with van der Waals surface area (Å²) in [6, 6.07) is 55.3. The van der Waals surface area contributed by atoms with Crippen LogP contribution in [0.1, 0.15) is 168 Å². The van der Waals surface area contributed by atoms with Gasteiger partial charge in [0, 0.05) is 143 Å². The summed E-state index contributed by atoms with van der Waals surface area (Å²) in [6.07, 6.45) is 16.5. The smallest absolute Gasteiger partial charge is 0.320 e. The number of urea groups is 1. The van der Waals surface area contributed by atoms with Crippen LogP contribution in [-0.4, -0.2) is 142 Å². The molecular weight excluding hydrogens is 1330 g/mol. The number of aromatic nitrogens is 2. The van der Waals surface area contributed by atoms with Gasteiger partial charge in [0.1, 0.15) is 36.1 Å². The minimum atomic E-state index is -0.463. The molecule has 0 bridgehead atoms. The van der Waals surface area contributed by atoms with Crippen LogP contribution in [0.3, 0.4) is 0 Å². The first-order valence-corrected chi connectivity index (χ1v) is 37.2. The molecule has 106 heavy (non-hydrogen) atoms. The first kappa shape index (κ1) is 77.0. The molecule has 0 aliphatic heterocycles. The fourth-order valence-corrected chi connectivity index (χ4v) is 13.6. The number of aliphatic hydroxyl groups is 4. The van der Waals surface area contributed by atoms with Crippen molar-refractivity contribution in [3.63, 3.8) is 0 Å². The molecule has 0 atom stereocenters. The van der Waals surface area contributed by atoms with Crippen LogP contribution in [-0.2, 0) is 22.7 Å². The van der Waals surface area contributed by atoms with Gasteiger partial charge in [-0.3, -0.25) is 28.8 Å². The summed E-state index contributed by atoms with van der Waals surface area (Å²) < 4.78 is 3.59. The summed E-state index contributed by atoms with van der Waals surface area (Å²) >= 11 is 0. The zero-order valence-corrected chi connectivity index (χ0v) is 61.2. The summed E-state index contributed by atoms with van der Waals surface area (Å²) in [5.41, 5.74) is 5.05. The summed E-state index contributed by atoms with van der Waals surface area (Å²) in [5.74, 6) is -3.24. The number of likely N-dealkylation sites (N-methyl/N-ethyl adjacent to an activating group) is 2. The SMILES string of the molecule is CCCCCCCCN(CCN(CC)C(=O)Cn1c2cc(C(=O)/C=C(\O)c3ccccc3)ccc2c2ccc(C(=O)/C=C(\O)c3ccccc3)cc21)C(=O)N(CCCCCCCC)CCN(CC)C(=O)Cn1c2cc(C(=O)/C=C(\O)c3ccccc3)ccc2c2ccc(C(=O)/C=C(/O)c3ccccc3)cc21. The number of carbonyl (C=O) groups is 7. The molecule has 0 spiro atoms. The van der Waals surface area contributed by atoms with Gasteiger partial charge >= 0.3 is 6.03 Å². The molecule has 0 aliphatic carbocycles. The van der Waals surface area contributed by atoms with Crippen LogP contribution in [0, 0.1) is 0 Å².